The van der Waals surface area contributed by atoms with Gasteiger partial charge in [-0.15, -0.1) is 0 Å². The summed E-state index contributed by atoms with van der Waals surface area (Å²) >= 11 is 0. The zero-order chi connectivity index (χ0) is 21.8. The van der Waals surface area contributed by atoms with Crippen molar-refractivity contribution in [3.63, 3.8) is 0 Å². The molecule has 7 heteroatoms. The molecule has 2 aromatic carbocycles. The average Bonchev–Trinajstić information content (AvgIpc) is 3.19. The van der Waals surface area contributed by atoms with Crippen molar-refractivity contribution in [3.8, 4) is 16.9 Å². The van der Waals surface area contributed by atoms with Crippen LogP contribution in [0.4, 0.5) is 5.69 Å². The molecule has 4 rings (SSSR count). The summed E-state index contributed by atoms with van der Waals surface area (Å²) in [6.07, 6.45) is 6.62. The van der Waals surface area contributed by atoms with Crippen molar-refractivity contribution < 1.29 is 9.72 Å². The Bertz CT molecular complexity index is 1060. The van der Waals surface area contributed by atoms with Crippen molar-refractivity contribution in [1.29, 1.82) is 0 Å². The van der Waals surface area contributed by atoms with E-state index in [9.17, 15) is 14.9 Å². The van der Waals surface area contributed by atoms with Crippen LogP contribution in [0.25, 0.3) is 16.9 Å². The van der Waals surface area contributed by atoms with E-state index in [2.05, 4.69) is 12.2 Å². The third-order valence-corrected chi connectivity index (χ3v) is 5.97. The molecule has 1 aliphatic carbocycles. The lowest BCUT2D eigenvalue weighted by Gasteiger charge is -2.29. The molecule has 0 spiro atoms. The monoisotopic (exact) mass is 418 g/mol. The zero-order valence-corrected chi connectivity index (χ0v) is 17.5. The van der Waals surface area contributed by atoms with E-state index in [0.717, 1.165) is 36.1 Å². The second-order valence-electron chi connectivity index (χ2n) is 8.20. The third kappa shape index (κ3) is 4.82. The minimum atomic E-state index is -0.425. The Hall–Kier alpha value is -3.48. The maximum absolute atomic E-state index is 12.9. The van der Waals surface area contributed by atoms with Gasteiger partial charge in [0.1, 0.15) is 0 Å². The van der Waals surface area contributed by atoms with Crippen LogP contribution in [-0.4, -0.2) is 26.7 Å². The van der Waals surface area contributed by atoms with Crippen molar-refractivity contribution >= 4 is 11.6 Å². The molecule has 31 heavy (non-hydrogen) atoms. The predicted octanol–water partition coefficient (Wildman–Crippen LogP) is 4.68. The zero-order valence-electron chi connectivity index (χ0n) is 17.5. The second kappa shape index (κ2) is 9.12. The first-order valence-electron chi connectivity index (χ1n) is 10.7. The largest absolute Gasteiger partial charge is 0.353 e. The van der Waals surface area contributed by atoms with Crippen LogP contribution in [0.3, 0.4) is 0 Å². The van der Waals surface area contributed by atoms with Gasteiger partial charge < -0.3 is 5.32 Å². The van der Waals surface area contributed by atoms with E-state index in [1.165, 1.54) is 18.6 Å². The number of hydrogen-bond donors (Lipinski definition) is 1. The van der Waals surface area contributed by atoms with Crippen LogP contribution in [-0.2, 0) is 11.2 Å². The Labute approximate surface area is 181 Å². The highest BCUT2D eigenvalue weighted by molar-refractivity contribution is 5.81. The molecule has 0 saturated heterocycles. The van der Waals surface area contributed by atoms with Crippen LogP contribution in [0.15, 0.2) is 60.8 Å². The first-order chi connectivity index (χ1) is 15.0. The van der Waals surface area contributed by atoms with E-state index in [4.69, 9.17) is 5.10 Å². The number of aromatic nitrogens is 2. The number of nitro benzene ring substituents is 1. The molecule has 1 fully saturated rings. The number of hydrogen-bond acceptors (Lipinski definition) is 4. The molecule has 1 saturated carbocycles. The highest BCUT2D eigenvalue weighted by Crippen LogP contribution is 2.27. The number of benzene rings is 2. The predicted molar refractivity (Wildman–Crippen MR) is 119 cm³/mol. The molecule has 1 aliphatic rings. The van der Waals surface area contributed by atoms with Gasteiger partial charge in [0.05, 0.1) is 22.7 Å². The first-order valence-corrected chi connectivity index (χ1v) is 10.7. The summed E-state index contributed by atoms with van der Waals surface area (Å²) in [6, 6.07) is 16.2. The summed E-state index contributed by atoms with van der Waals surface area (Å²) < 4.78 is 1.75. The van der Waals surface area contributed by atoms with E-state index in [-0.39, 0.29) is 24.1 Å². The normalized spacial score (nSPS) is 18.5. The van der Waals surface area contributed by atoms with Crippen LogP contribution in [0.1, 0.15) is 38.2 Å². The highest BCUT2D eigenvalue weighted by atomic mass is 16.6. The number of nitrogens with one attached hydrogen (secondary N) is 1. The third-order valence-electron chi connectivity index (χ3n) is 5.97. The Morgan fingerprint density at radius 2 is 1.84 bits per heavy atom. The van der Waals surface area contributed by atoms with Crippen LogP contribution in [0.2, 0.25) is 0 Å². The van der Waals surface area contributed by atoms with Crippen molar-refractivity contribution in [3.05, 3.63) is 76.5 Å². The number of para-hydroxylation sites is 1. The Morgan fingerprint density at radius 3 is 2.52 bits per heavy atom. The lowest BCUT2D eigenvalue weighted by atomic mass is 9.86. The van der Waals surface area contributed by atoms with Crippen LogP contribution < -0.4 is 5.32 Å². The van der Waals surface area contributed by atoms with Crippen molar-refractivity contribution in [2.24, 2.45) is 5.92 Å². The van der Waals surface area contributed by atoms with E-state index in [1.807, 2.05) is 36.5 Å². The molecule has 7 nitrogen and oxygen atoms in total. The lowest BCUT2D eigenvalue weighted by Crippen LogP contribution is -2.41. The molecule has 1 aromatic heterocycles. The molecule has 0 aliphatic heterocycles. The summed E-state index contributed by atoms with van der Waals surface area (Å²) in [5.74, 6) is 0.466. The fourth-order valence-electron chi connectivity index (χ4n) is 4.20. The molecule has 1 N–H and O–H groups in total. The van der Waals surface area contributed by atoms with E-state index < -0.39 is 4.92 Å². The molecule has 0 bridgehead atoms. The van der Waals surface area contributed by atoms with Gasteiger partial charge in [-0.05, 0) is 43.0 Å². The Morgan fingerprint density at radius 1 is 1.13 bits per heavy atom. The topological polar surface area (TPSA) is 90.1 Å². The minimum absolute atomic E-state index is 0.0190. The van der Waals surface area contributed by atoms with Crippen LogP contribution in [0.5, 0.6) is 0 Å². The van der Waals surface area contributed by atoms with Crippen LogP contribution >= 0.6 is 0 Å². The van der Waals surface area contributed by atoms with E-state index in [1.54, 1.807) is 16.8 Å². The summed E-state index contributed by atoms with van der Waals surface area (Å²) in [6.45, 7) is 2.19. The smallest absolute Gasteiger partial charge is 0.269 e. The maximum atomic E-state index is 12.9. The van der Waals surface area contributed by atoms with Gasteiger partial charge in [-0.1, -0.05) is 38.0 Å². The fourth-order valence-corrected chi connectivity index (χ4v) is 4.20. The number of carbonyl (C=O) groups is 1. The van der Waals surface area contributed by atoms with Gasteiger partial charge in [0.25, 0.3) is 5.69 Å². The standard InChI is InChI=1S/C24H26N4O3/c1-17-7-5-6-10-22(17)25-23(29)15-19-16-27(20-8-3-2-4-9-20)26-24(19)18-11-13-21(14-12-18)28(30)31/h2-4,8-9,11-14,16-17,22H,5-7,10,15H2,1H3,(H,25,29). The molecule has 2 atom stereocenters. The van der Waals surface area contributed by atoms with Crippen LogP contribution in [0, 0.1) is 16.0 Å². The van der Waals surface area contributed by atoms with Crippen molar-refractivity contribution in [2.45, 2.75) is 45.1 Å². The van der Waals surface area contributed by atoms with E-state index >= 15 is 0 Å². The van der Waals surface area contributed by atoms with Gasteiger partial charge in [0.15, 0.2) is 0 Å². The molecule has 1 amide bonds. The first kappa shape index (κ1) is 20.8. The minimum Gasteiger partial charge on any atom is -0.353 e. The molecular formula is C24H26N4O3. The number of nitrogens with zero attached hydrogens (tertiary/aromatic N) is 3. The van der Waals surface area contributed by atoms with Gasteiger partial charge in [0.2, 0.25) is 5.91 Å². The molecule has 2 unspecified atom stereocenters. The SMILES string of the molecule is CC1CCCCC1NC(=O)Cc1cn(-c2ccccc2)nc1-c1ccc([N+](=O)[O-])cc1. The number of nitro groups is 1. The Kier molecular flexibility index (Phi) is 6.11. The second-order valence-corrected chi connectivity index (χ2v) is 8.20. The number of rotatable bonds is 6. The van der Waals surface area contributed by atoms with Gasteiger partial charge in [-0.3, -0.25) is 14.9 Å². The quantitative estimate of drug-likeness (QED) is 0.465. The van der Waals surface area contributed by atoms with Gasteiger partial charge in [-0.2, -0.15) is 5.10 Å². The van der Waals surface area contributed by atoms with Gasteiger partial charge in [0, 0.05) is 35.5 Å². The molecule has 160 valence electrons. The summed E-state index contributed by atoms with van der Waals surface area (Å²) in [7, 11) is 0. The lowest BCUT2D eigenvalue weighted by molar-refractivity contribution is -0.384. The van der Waals surface area contributed by atoms with Crippen molar-refractivity contribution in [2.75, 3.05) is 0 Å². The molecule has 0 radical (unpaired) electrons. The molecule has 1 heterocycles. The highest BCUT2D eigenvalue weighted by Gasteiger charge is 2.24. The van der Waals surface area contributed by atoms with Gasteiger partial charge >= 0.3 is 0 Å². The fraction of sp³-hybridized carbons (Fsp3) is 0.333. The summed E-state index contributed by atoms with van der Waals surface area (Å²) in [5.41, 5.74) is 3.11. The number of amides is 1. The number of carbonyl (C=O) groups excluding carboxylic acids is 1. The maximum Gasteiger partial charge on any atom is 0.269 e. The molecular weight excluding hydrogens is 392 g/mol. The molecule has 3 aromatic rings. The Balaban J connectivity index is 1.62. The average molecular weight is 418 g/mol. The van der Waals surface area contributed by atoms with Gasteiger partial charge in [-0.25, -0.2) is 4.68 Å². The summed E-state index contributed by atoms with van der Waals surface area (Å²) in [5, 5.41) is 18.9. The van der Waals surface area contributed by atoms with Crippen molar-refractivity contribution in [1.82, 2.24) is 15.1 Å². The number of non-ortho nitro benzene ring substituents is 1. The van der Waals surface area contributed by atoms with E-state index in [0.29, 0.717) is 11.6 Å². The summed E-state index contributed by atoms with van der Waals surface area (Å²) in [4.78, 5) is 23.4.